The Morgan fingerprint density at radius 2 is 2.12 bits per heavy atom. The number of esters is 1. The molecule has 1 saturated heterocycles. The normalized spacial score (nSPS) is 29.9. The van der Waals surface area contributed by atoms with Gasteiger partial charge in [0.2, 0.25) is 5.79 Å². The third kappa shape index (κ3) is 2.25. The van der Waals surface area contributed by atoms with Crippen molar-refractivity contribution in [3.05, 3.63) is 0 Å². The molecule has 0 N–H and O–H groups in total. The molecule has 1 unspecified atom stereocenters. The van der Waals surface area contributed by atoms with Crippen LogP contribution in [0.5, 0.6) is 0 Å². The number of rotatable bonds is 3. The van der Waals surface area contributed by atoms with Gasteiger partial charge in [-0.1, -0.05) is 11.8 Å². The number of hydrogen-bond donors (Lipinski definition) is 0. The van der Waals surface area contributed by atoms with E-state index >= 15 is 0 Å². The lowest BCUT2D eigenvalue weighted by atomic mass is 10.0. The number of ether oxygens (including phenoxy) is 2. The largest absolute Gasteiger partial charge is 0.432 e. The van der Waals surface area contributed by atoms with Gasteiger partial charge in [0.05, 0.1) is 0 Å². The van der Waals surface area contributed by atoms with Crippen LogP contribution < -0.4 is 0 Å². The molecule has 2 fully saturated rings. The zero-order valence-corrected chi connectivity index (χ0v) is 10.6. The third-order valence-electron chi connectivity index (χ3n) is 2.97. The fraction of sp³-hybridized carbons (Fsp3) is 0.818. The Morgan fingerprint density at radius 3 is 2.50 bits per heavy atom. The van der Waals surface area contributed by atoms with Gasteiger partial charge in [-0.3, -0.25) is 4.79 Å². The van der Waals surface area contributed by atoms with E-state index in [0.717, 1.165) is 12.8 Å². The first-order chi connectivity index (χ1) is 7.35. The number of carbonyl (C=O) groups is 2. The number of cyclic esters (lactones) is 1. The molecule has 0 aromatic heterocycles. The summed E-state index contributed by atoms with van der Waals surface area (Å²) < 4.78 is 10.8. The third-order valence-corrected chi connectivity index (χ3v) is 4.10. The van der Waals surface area contributed by atoms with Crippen molar-refractivity contribution in [3.63, 3.8) is 0 Å². The van der Waals surface area contributed by atoms with Crippen molar-refractivity contribution < 1.29 is 19.1 Å². The molecule has 5 heteroatoms. The molecule has 0 aromatic carbocycles. The minimum Gasteiger partial charge on any atom is -0.432 e. The van der Waals surface area contributed by atoms with E-state index in [-0.39, 0.29) is 16.5 Å². The number of thioether (sulfide) groups is 1. The first kappa shape index (κ1) is 11.9. The van der Waals surface area contributed by atoms with E-state index in [2.05, 4.69) is 0 Å². The van der Waals surface area contributed by atoms with Crippen LogP contribution in [-0.4, -0.2) is 28.7 Å². The lowest BCUT2D eigenvalue weighted by Gasteiger charge is -2.20. The summed E-state index contributed by atoms with van der Waals surface area (Å²) in [5.74, 6) is -0.456. The standard InChI is InChI=1S/C11H16O4S/c1-7(12)16-6-11(4-5-11)8-9(13)15-10(2,3)14-8/h8H,4-6H2,1-3H3. The van der Waals surface area contributed by atoms with Gasteiger partial charge in [0, 0.05) is 31.9 Å². The molecule has 0 radical (unpaired) electrons. The molecule has 1 atom stereocenters. The van der Waals surface area contributed by atoms with Crippen LogP contribution in [0.25, 0.3) is 0 Å². The second-order valence-corrected chi connectivity index (χ2v) is 6.11. The molecule has 0 bridgehead atoms. The molecule has 90 valence electrons. The summed E-state index contributed by atoms with van der Waals surface area (Å²) in [5.41, 5.74) is -0.165. The topological polar surface area (TPSA) is 52.6 Å². The monoisotopic (exact) mass is 244 g/mol. The van der Waals surface area contributed by atoms with Gasteiger partial charge >= 0.3 is 5.97 Å². The smallest absolute Gasteiger partial charge is 0.338 e. The van der Waals surface area contributed by atoms with Gasteiger partial charge in [-0.05, 0) is 12.8 Å². The van der Waals surface area contributed by atoms with E-state index in [1.807, 2.05) is 0 Å². The van der Waals surface area contributed by atoms with Crippen LogP contribution in [0.4, 0.5) is 0 Å². The van der Waals surface area contributed by atoms with Crippen LogP contribution in [0, 0.1) is 5.41 Å². The highest BCUT2D eigenvalue weighted by Crippen LogP contribution is 2.54. The summed E-state index contributed by atoms with van der Waals surface area (Å²) in [5, 5.41) is 0.0805. The van der Waals surface area contributed by atoms with Gasteiger partial charge in [-0.15, -0.1) is 0 Å². The van der Waals surface area contributed by atoms with Gasteiger partial charge < -0.3 is 9.47 Å². The maximum atomic E-state index is 11.7. The van der Waals surface area contributed by atoms with Gasteiger partial charge in [0.25, 0.3) is 0 Å². The van der Waals surface area contributed by atoms with Crippen molar-refractivity contribution >= 4 is 22.8 Å². The fourth-order valence-corrected chi connectivity index (χ4v) is 2.85. The highest BCUT2D eigenvalue weighted by atomic mass is 32.2. The van der Waals surface area contributed by atoms with Crippen LogP contribution in [0.2, 0.25) is 0 Å². The average Bonchev–Trinajstić information content (AvgIpc) is 2.86. The molecule has 1 saturated carbocycles. The highest BCUT2D eigenvalue weighted by molar-refractivity contribution is 8.13. The lowest BCUT2D eigenvalue weighted by Crippen LogP contribution is -2.31. The maximum absolute atomic E-state index is 11.7. The van der Waals surface area contributed by atoms with E-state index in [0.29, 0.717) is 5.75 Å². The Kier molecular flexibility index (Phi) is 2.78. The number of carbonyl (C=O) groups excluding carboxylic acids is 2. The minimum atomic E-state index is -0.821. The summed E-state index contributed by atoms with van der Waals surface area (Å²) in [4.78, 5) is 22.6. The predicted molar refractivity (Wildman–Crippen MR) is 59.9 cm³/mol. The summed E-state index contributed by atoms with van der Waals surface area (Å²) >= 11 is 1.26. The van der Waals surface area contributed by atoms with Crippen molar-refractivity contribution in [3.8, 4) is 0 Å². The molecule has 0 aromatic rings. The Balaban J connectivity index is 2.02. The van der Waals surface area contributed by atoms with Crippen LogP contribution in [0.3, 0.4) is 0 Å². The molecule has 4 nitrogen and oxygen atoms in total. The zero-order valence-electron chi connectivity index (χ0n) is 9.74. The average molecular weight is 244 g/mol. The summed E-state index contributed by atoms with van der Waals surface area (Å²) in [7, 11) is 0. The molecule has 16 heavy (non-hydrogen) atoms. The van der Waals surface area contributed by atoms with Gasteiger partial charge in [0.15, 0.2) is 11.2 Å². The second kappa shape index (κ2) is 3.74. The Hall–Kier alpha value is -0.550. The van der Waals surface area contributed by atoms with Crippen LogP contribution in [-0.2, 0) is 19.1 Å². The first-order valence-electron chi connectivity index (χ1n) is 5.39. The van der Waals surface area contributed by atoms with E-state index in [9.17, 15) is 9.59 Å². The van der Waals surface area contributed by atoms with Crippen molar-refractivity contribution in [2.75, 3.05) is 5.75 Å². The lowest BCUT2D eigenvalue weighted by molar-refractivity contribution is -0.161. The van der Waals surface area contributed by atoms with Gasteiger partial charge in [-0.2, -0.15) is 0 Å². The van der Waals surface area contributed by atoms with Crippen LogP contribution in [0.1, 0.15) is 33.6 Å². The molecule has 1 aliphatic carbocycles. The molecular formula is C11H16O4S. The Bertz CT molecular complexity index is 333. The second-order valence-electron chi connectivity index (χ2n) is 4.96. The maximum Gasteiger partial charge on any atom is 0.338 e. The van der Waals surface area contributed by atoms with Crippen molar-refractivity contribution in [1.29, 1.82) is 0 Å². The Morgan fingerprint density at radius 1 is 1.50 bits per heavy atom. The molecule has 2 rings (SSSR count). The predicted octanol–water partition coefficient (Wildman–Crippen LogP) is 1.72. The van der Waals surface area contributed by atoms with Crippen LogP contribution >= 0.6 is 11.8 Å². The van der Waals surface area contributed by atoms with E-state index in [4.69, 9.17) is 9.47 Å². The fourth-order valence-electron chi connectivity index (χ4n) is 1.91. The zero-order chi connectivity index (χ0) is 12.0. The van der Waals surface area contributed by atoms with Crippen molar-refractivity contribution in [1.82, 2.24) is 0 Å². The SMILES string of the molecule is CC(=O)SCC1(C2OC(C)(C)OC2=O)CC1. The highest BCUT2D eigenvalue weighted by Gasteiger charge is 2.59. The van der Waals surface area contributed by atoms with E-state index in [1.54, 1.807) is 20.8 Å². The van der Waals surface area contributed by atoms with E-state index in [1.165, 1.54) is 11.8 Å². The molecule has 1 aliphatic heterocycles. The van der Waals surface area contributed by atoms with Crippen molar-refractivity contribution in [2.45, 2.75) is 45.5 Å². The van der Waals surface area contributed by atoms with Gasteiger partial charge in [-0.25, -0.2) is 4.79 Å². The summed E-state index contributed by atoms with van der Waals surface area (Å²) in [6.45, 7) is 5.01. The van der Waals surface area contributed by atoms with Crippen LogP contribution in [0.15, 0.2) is 0 Å². The summed E-state index contributed by atoms with van der Waals surface area (Å²) in [6.07, 6.45) is 1.38. The Labute approximate surface area is 99.1 Å². The summed E-state index contributed by atoms with van der Waals surface area (Å²) in [6, 6.07) is 0. The van der Waals surface area contributed by atoms with E-state index < -0.39 is 11.9 Å². The van der Waals surface area contributed by atoms with Crippen molar-refractivity contribution in [2.24, 2.45) is 5.41 Å². The molecule has 0 amide bonds. The molecule has 2 aliphatic rings. The molecule has 0 spiro atoms. The minimum absolute atomic E-state index is 0.0805. The quantitative estimate of drug-likeness (QED) is 0.708. The molecule has 1 heterocycles. The first-order valence-corrected chi connectivity index (χ1v) is 6.37. The van der Waals surface area contributed by atoms with Gasteiger partial charge in [0.1, 0.15) is 0 Å². The number of hydrogen-bond acceptors (Lipinski definition) is 5. The molecular weight excluding hydrogens is 228 g/mol.